The first-order chi connectivity index (χ1) is 8.02. The van der Waals surface area contributed by atoms with Gasteiger partial charge in [-0.15, -0.1) is 0 Å². The fourth-order valence-electron chi connectivity index (χ4n) is 1.75. The smallest absolute Gasteiger partial charge is 0.256 e. The van der Waals surface area contributed by atoms with E-state index in [1.165, 1.54) is 6.92 Å². The summed E-state index contributed by atoms with van der Waals surface area (Å²) in [5.74, 6) is -0.596. The van der Waals surface area contributed by atoms with Crippen molar-refractivity contribution in [3.05, 3.63) is 29.8 Å². The Bertz CT molecular complexity index is 514. The van der Waals surface area contributed by atoms with Crippen LogP contribution < -0.4 is 10.0 Å². The van der Waals surface area contributed by atoms with Gasteiger partial charge in [0.1, 0.15) is 6.04 Å². The van der Waals surface area contributed by atoms with Gasteiger partial charge < -0.3 is 5.32 Å². The lowest BCUT2D eigenvalue weighted by Crippen LogP contribution is -2.42. The second-order valence-corrected chi connectivity index (χ2v) is 5.94. The number of carbonyl (C=O) groups excluding carboxylic acids is 1. The van der Waals surface area contributed by atoms with E-state index in [0.29, 0.717) is 6.42 Å². The van der Waals surface area contributed by atoms with Crippen LogP contribution in [-0.4, -0.2) is 26.1 Å². The highest BCUT2D eigenvalue weighted by Gasteiger charge is 2.28. The maximum atomic E-state index is 11.7. The number of hydrogen-bond donors (Lipinski definition) is 2. The highest BCUT2D eigenvalue weighted by atomic mass is 32.2. The molecule has 6 heteroatoms. The first-order valence-corrected chi connectivity index (χ1v) is 7.06. The van der Waals surface area contributed by atoms with Crippen LogP contribution in [0.25, 0.3) is 0 Å². The molecule has 5 nitrogen and oxygen atoms in total. The summed E-state index contributed by atoms with van der Waals surface area (Å²) in [7, 11) is -3.48. The van der Waals surface area contributed by atoms with Crippen LogP contribution >= 0.6 is 0 Å². The zero-order valence-electron chi connectivity index (χ0n) is 9.43. The fraction of sp³-hybridized carbons (Fsp3) is 0.364. The largest absolute Gasteiger partial charge is 0.373 e. The van der Waals surface area contributed by atoms with Crippen LogP contribution in [0.4, 0.5) is 5.69 Å². The molecule has 1 amide bonds. The lowest BCUT2D eigenvalue weighted by Gasteiger charge is -2.11. The maximum Gasteiger partial charge on any atom is 0.256 e. The first kappa shape index (κ1) is 11.9. The molecule has 1 heterocycles. The lowest BCUT2D eigenvalue weighted by molar-refractivity contribution is -0.119. The topological polar surface area (TPSA) is 75.3 Å². The normalized spacial score (nSPS) is 18.3. The van der Waals surface area contributed by atoms with Crippen LogP contribution in [0.3, 0.4) is 0 Å². The van der Waals surface area contributed by atoms with Gasteiger partial charge in [0.2, 0.25) is 10.0 Å². The number of anilines is 1. The fourth-order valence-corrected chi connectivity index (χ4v) is 2.35. The van der Waals surface area contributed by atoms with E-state index in [1.54, 1.807) is 0 Å². The van der Waals surface area contributed by atoms with Crippen LogP contribution in [0.2, 0.25) is 0 Å². The van der Waals surface area contributed by atoms with E-state index in [1.807, 2.05) is 24.3 Å². The Hall–Kier alpha value is -1.56. The molecule has 1 aromatic rings. The van der Waals surface area contributed by atoms with Crippen molar-refractivity contribution in [1.29, 1.82) is 0 Å². The molecule has 0 aromatic heterocycles. The van der Waals surface area contributed by atoms with Crippen LogP contribution in [0, 0.1) is 0 Å². The summed E-state index contributed by atoms with van der Waals surface area (Å²) in [5, 5.41) is 3.00. The average Bonchev–Trinajstić information content (AvgIpc) is 2.72. The number of sulfonamides is 1. The summed E-state index contributed by atoms with van der Waals surface area (Å²) in [6.45, 7) is 1.49. The summed E-state index contributed by atoms with van der Waals surface area (Å²) in [4.78, 5) is 11.7. The summed E-state index contributed by atoms with van der Waals surface area (Å²) in [6, 6.07) is 7.05. The van der Waals surface area contributed by atoms with Crippen LogP contribution in [-0.2, 0) is 21.2 Å². The van der Waals surface area contributed by atoms with Crippen LogP contribution in [0.1, 0.15) is 12.5 Å². The molecule has 17 heavy (non-hydrogen) atoms. The summed E-state index contributed by atoms with van der Waals surface area (Å²) < 4.78 is 24.6. The van der Waals surface area contributed by atoms with Gasteiger partial charge in [-0.3, -0.25) is 9.52 Å². The van der Waals surface area contributed by atoms with Gasteiger partial charge in [0.05, 0.1) is 5.75 Å². The SMILES string of the molecule is CCS(=O)(=O)NC(=O)C1Cc2ccccc2N1. The minimum absolute atomic E-state index is 0.0988. The molecule has 0 fully saturated rings. The molecule has 0 aliphatic carbocycles. The Morgan fingerprint density at radius 3 is 2.82 bits per heavy atom. The van der Waals surface area contributed by atoms with Crippen molar-refractivity contribution in [2.24, 2.45) is 0 Å². The molecule has 0 radical (unpaired) electrons. The van der Waals surface area contributed by atoms with Crippen molar-refractivity contribution in [2.75, 3.05) is 11.1 Å². The van der Waals surface area contributed by atoms with Gasteiger partial charge >= 0.3 is 0 Å². The number of amides is 1. The predicted molar refractivity (Wildman–Crippen MR) is 65.2 cm³/mol. The molecule has 0 saturated heterocycles. The summed E-state index contributed by atoms with van der Waals surface area (Å²) >= 11 is 0. The Balaban J connectivity index is 2.06. The van der Waals surface area contributed by atoms with Crippen molar-refractivity contribution in [3.63, 3.8) is 0 Å². The Kier molecular flexibility index (Phi) is 3.06. The van der Waals surface area contributed by atoms with E-state index < -0.39 is 22.0 Å². The van der Waals surface area contributed by atoms with Gasteiger partial charge in [0, 0.05) is 12.1 Å². The van der Waals surface area contributed by atoms with Gasteiger partial charge in [-0.2, -0.15) is 0 Å². The molecule has 1 unspecified atom stereocenters. The van der Waals surface area contributed by atoms with E-state index in [4.69, 9.17) is 0 Å². The molecular weight excluding hydrogens is 240 g/mol. The Morgan fingerprint density at radius 1 is 1.47 bits per heavy atom. The van der Waals surface area contributed by atoms with E-state index >= 15 is 0 Å². The molecule has 2 rings (SSSR count). The van der Waals surface area contributed by atoms with Gasteiger partial charge in [0.15, 0.2) is 0 Å². The predicted octanol–water partition coefficient (Wildman–Crippen LogP) is 0.489. The minimum Gasteiger partial charge on any atom is -0.373 e. The summed E-state index contributed by atoms with van der Waals surface area (Å²) in [5.41, 5.74) is 1.92. The van der Waals surface area contributed by atoms with Crippen molar-refractivity contribution in [1.82, 2.24) is 4.72 Å². The number of hydrogen-bond acceptors (Lipinski definition) is 4. The highest BCUT2D eigenvalue weighted by molar-refractivity contribution is 7.90. The number of rotatable bonds is 3. The zero-order chi connectivity index (χ0) is 12.5. The molecule has 0 bridgehead atoms. The zero-order valence-corrected chi connectivity index (χ0v) is 10.3. The molecule has 0 saturated carbocycles. The van der Waals surface area contributed by atoms with Gasteiger partial charge in [-0.05, 0) is 18.6 Å². The van der Waals surface area contributed by atoms with E-state index in [9.17, 15) is 13.2 Å². The molecule has 2 N–H and O–H groups in total. The third-order valence-corrected chi connectivity index (χ3v) is 4.00. The van der Waals surface area contributed by atoms with E-state index in [-0.39, 0.29) is 5.75 Å². The number of benzene rings is 1. The van der Waals surface area contributed by atoms with Crippen molar-refractivity contribution in [2.45, 2.75) is 19.4 Å². The molecule has 0 spiro atoms. The van der Waals surface area contributed by atoms with Crippen LogP contribution in [0.5, 0.6) is 0 Å². The molecule has 1 aromatic carbocycles. The van der Waals surface area contributed by atoms with Crippen molar-refractivity contribution in [3.8, 4) is 0 Å². The third-order valence-electron chi connectivity index (χ3n) is 2.72. The maximum absolute atomic E-state index is 11.7. The van der Waals surface area contributed by atoms with E-state index in [0.717, 1.165) is 11.3 Å². The van der Waals surface area contributed by atoms with Crippen LogP contribution in [0.15, 0.2) is 24.3 Å². The number of nitrogens with one attached hydrogen (secondary N) is 2. The van der Waals surface area contributed by atoms with Gasteiger partial charge in [-0.1, -0.05) is 18.2 Å². The second-order valence-electron chi connectivity index (χ2n) is 3.93. The second kappa shape index (κ2) is 4.37. The van der Waals surface area contributed by atoms with Crippen molar-refractivity contribution >= 4 is 21.6 Å². The number of fused-ring (bicyclic) bond motifs is 1. The molecule has 92 valence electrons. The molecule has 1 aliphatic heterocycles. The summed E-state index contributed by atoms with van der Waals surface area (Å²) in [6.07, 6.45) is 0.515. The molecule has 1 aliphatic rings. The van der Waals surface area contributed by atoms with Crippen molar-refractivity contribution < 1.29 is 13.2 Å². The molecule has 1 atom stereocenters. The quantitative estimate of drug-likeness (QED) is 0.823. The standard InChI is InChI=1S/C11H14N2O3S/c1-2-17(15,16)13-11(14)10-7-8-5-3-4-6-9(8)12-10/h3-6,10,12H,2,7H2,1H3,(H,13,14). The number of carbonyl (C=O) groups is 1. The Morgan fingerprint density at radius 2 is 2.18 bits per heavy atom. The average molecular weight is 254 g/mol. The van der Waals surface area contributed by atoms with Gasteiger partial charge in [-0.25, -0.2) is 8.42 Å². The minimum atomic E-state index is -3.48. The first-order valence-electron chi connectivity index (χ1n) is 5.40. The third kappa shape index (κ3) is 2.58. The monoisotopic (exact) mass is 254 g/mol. The van der Waals surface area contributed by atoms with Gasteiger partial charge in [0.25, 0.3) is 5.91 Å². The highest BCUT2D eigenvalue weighted by Crippen LogP contribution is 2.25. The van der Waals surface area contributed by atoms with E-state index in [2.05, 4.69) is 10.0 Å². The molecular formula is C11H14N2O3S. The lowest BCUT2D eigenvalue weighted by atomic mass is 10.1. The number of para-hydroxylation sites is 1. The Labute approximate surface area is 100 Å².